The van der Waals surface area contributed by atoms with E-state index in [1.54, 1.807) is 0 Å². The first-order valence-corrected chi connectivity index (χ1v) is 6.89. The maximum atomic E-state index is 9.74. The second-order valence-electron chi connectivity index (χ2n) is 5.24. The van der Waals surface area contributed by atoms with Crippen molar-refractivity contribution in [3.63, 3.8) is 0 Å². The van der Waals surface area contributed by atoms with Gasteiger partial charge in [0.25, 0.3) is 0 Å². The van der Waals surface area contributed by atoms with Crippen LogP contribution in [-0.4, -0.2) is 37.0 Å². The van der Waals surface area contributed by atoms with Gasteiger partial charge in [0, 0.05) is 12.6 Å². The Bertz CT molecular complexity index is 401. The van der Waals surface area contributed by atoms with Crippen LogP contribution in [0.15, 0.2) is 36.4 Å². The van der Waals surface area contributed by atoms with Crippen molar-refractivity contribution in [3.8, 4) is 11.5 Å². The molecule has 1 atom stereocenters. The zero-order chi connectivity index (χ0) is 15.0. The molecule has 112 valence electrons. The molecule has 1 unspecified atom stereocenters. The highest BCUT2D eigenvalue weighted by atomic mass is 16.5. The molecule has 1 aromatic rings. The number of benzene rings is 1. The van der Waals surface area contributed by atoms with E-state index in [1.165, 1.54) is 0 Å². The van der Waals surface area contributed by atoms with Crippen LogP contribution in [0.3, 0.4) is 0 Å². The van der Waals surface area contributed by atoms with E-state index in [0.717, 1.165) is 17.1 Å². The molecule has 0 amide bonds. The molecule has 1 aromatic carbocycles. The second kappa shape index (κ2) is 8.61. The summed E-state index contributed by atoms with van der Waals surface area (Å²) in [5.41, 5.74) is 0.978. The summed E-state index contributed by atoms with van der Waals surface area (Å²) in [4.78, 5) is 0. The predicted octanol–water partition coefficient (Wildman–Crippen LogP) is 2.38. The Hall–Kier alpha value is -1.52. The second-order valence-corrected chi connectivity index (χ2v) is 5.24. The van der Waals surface area contributed by atoms with E-state index >= 15 is 0 Å². The molecule has 1 rings (SSSR count). The highest BCUT2D eigenvalue weighted by Crippen LogP contribution is 2.18. The van der Waals surface area contributed by atoms with Gasteiger partial charge in [-0.1, -0.05) is 20.4 Å². The van der Waals surface area contributed by atoms with Gasteiger partial charge >= 0.3 is 0 Å². The van der Waals surface area contributed by atoms with Gasteiger partial charge in [0.2, 0.25) is 0 Å². The Morgan fingerprint density at radius 1 is 1.20 bits per heavy atom. The van der Waals surface area contributed by atoms with E-state index in [0.29, 0.717) is 19.2 Å². The zero-order valence-corrected chi connectivity index (χ0v) is 12.6. The van der Waals surface area contributed by atoms with Crippen LogP contribution in [-0.2, 0) is 0 Å². The van der Waals surface area contributed by atoms with Gasteiger partial charge in [-0.15, -0.1) is 0 Å². The lowest BCUT2D eigenvalue weighted by atomic mass is 10.3. The number of aliphatic hydroxyl groups is 1. The summed E-state index contributed by atoms with van der Waals surface area (Å²) >= 11 is 0. The summed E-state index contributed by atoms with van der Waals surface area (Å²) in [7, 11) is 0. The number of hydrogen-bond acceptors (Lipinski definition) is 4. The number of hydrogen-bond donors (Lipinski definition) is 2. The van der Waals surface area contributed by atoms with Crippen molar-refractivity contribution in [2.75, 3.05) is 19.8 Å². The fourth-order valence-corrected chi connectivity index (χ4v) is 1.46. The smallest absolute Gasteiger partial charge is 0.120 e. The summed E-state index contributed by atoms with van der Waals surface area (Å²) in [6.07, 6.45) is -0.517. The van der Waals surface area contributed by atoms with Crippen LogP contribution in [0, 0.1) is 0 Å². The summed E-state index contributed by atoms with van der Waals surface area (Å²) in [6, 6.07) is 7.70. The van der Waals surface area contributed by atoms with Crippen molar-refractivity contribution in [2.45, 2.75) is 32.9 Å². The summed E-state index contributed by atoms with van der Waals surface area (Å²) in [6.45, 7) is 11.1. The fourth-order valence-electron chi connectivity index (χ4n) is 1.46. The Morgan fingerprint density at radius 2 is 1.75 bits per heavy atom. The van der Waals surface area contributed by atoms with Crippen molar-refractivity contribution in [3.05, 3.63) is 36.4 Å². The average Bonchev–Trinajstić information content (AvgIpc) is 2.41. The molecular formula is C16H25NO3. The Labute approximate surface area is 121 Å². The van der Waals surface area contributed by atoms with E-state index in [2.05, 4.69) is 11.9 Å². The van der Waals surface area contributed by atoms with Crippen LogP contribution in [0.1, 0.15) is 20.8 Å². The third-order valence-corrected chi connectivity index (χ3v) is 2.51. The molecule has 0 aliphatic heterocycles. The number of rotatable bonds is 9. The Morgan fingerprint density at radius 3 is 2.25 bits per heavy atom. The molecule has 0 saturated carbocycles. The van der Waals surface area contributed by atoms with Crippen molar-refractivity contribution in [1.82, 2.24) is 5.32 Å². The molecule has 0 saturated heterocycles. The summed E-state index contributed by atoms with van der Waals surface area (Å²) < 4.78 is 11.0. The molecule has 0 aliphatic rings. The molecule has 0 bridgehead atoms. The van der Waals surface area contributed by atoms with E-state index in [4.69, 9.17) is 9.47 Å². The monoisotopic (exact) mass is 279 g/mol. The molecule has 0 fully saturated rings. The number of nitrogens with one attached hydrogen (secondary N) is 1. The Balaban J connectivity index is 2.32. The van der Waals surface area contributed by atoms with E-state index < -0.39 is 6.10 Å². The molecule has 0 aromatic heterocycles. The highest BCUT2D eigenvalue weighted by Gasteiger charge is 2.06. The topological polar surface area (TPSA) is 50.7 Å². The summed E-state index contributed by atoms with van der Waals surface area (Å²) in [5.74, 6) is 1.50. The van der Waals surface area contributed by atoms with Crippen LogP contribution in [0.2, 0.25) is 0 Å². The zero-order valence-electron chi connectivity index (χ0n) is 12.6. The first-order valence-electron chi connectivity index (χ1n) is 6.89. The molecule has 0 aliphatic carbocycles. The van der Waals surface area contributed by atoms with Gasteiger partial charge in [-0.3, -0.25) is 0 Å². The van der Waals surface area contributed by atoms with Gasteiger partial charge in [-0.25, -0.2) is 0 Å². The average molecular weight is 279 g/mol. The van der Waals surface area contributed by atoms with Gasteiger partial charge in [-0.05, 0) is 36.8 Å². The van der Waals surface area contributed by atoms with E-state index in [1.807, 2.05) is 45.0 Å². The largest absolute Gasteiger partial charge is 0.491 e. The highest BCUT2D eigenvalue weighted by molar-refractivity contribution is 5.31. The van der Waals surface area contributed by atoms with Gasteiger partial charge in [0.05, 0.1) is 0 Å². The molecule has 4 nitrogen and oxygen atoms in total. The van der Waals surface area contributed by atoms with E-state index in [-0.39, 0.29) is 6.61 Å². The van der Waals surface area contributed by atoms with Crippen LogP contribution < -0.4 is 14.8 Å². The minimum Gasteiger partial charge on any atom is -0.491 e. The maximum absolute atomic E-state index is 9.74. The van der Waals surface area contributed by atoms with Gasteiger partial charge in [0.1, 0.15) is 30.8 Å². The third kappa shape index (κ3) is 7.16. The fraction of sp³-hybridized carbons (Fsp3) is 0.500. The first-order chi connectivity index (χ1) is 9.47. The van der Waals surface area contributed by atoms with E-state index in [9.17, 15) is 5.11 Å². The predicted molar refractivity (Wildman–Crippen MR) is 81.4 cm³/mol. The molecule has 4 heteroatoms. The lowest BCUT2D eigenvalue weighted by Gasteiger charge is -2.15. The quantitative estimate of drug-likeness (QED) is 0.681. The van der Waals surface area contributed by atoms with Gasteiger partial charge in [0.15, 0.2) is 0 Å². The maximum Gasteiger partial charge on any atom is 0.120 e. The standard InChI is InChI=1S/C16H25NO3/c1-12(2)10-19-15-5-7-16(8-6-15)20-11-14(18)9-17-13(3)4/h5-8,13-14,17-18H,1,9-11H2,2-4H3. The first kappa shape index (κ1) is 16.5. The van der Waals surface area contributed by atoms with Crippen molar-refractivity contribution < 1.29 is 14.6 Å². The van der Waals surface area contributed by atoms with Crippen LogP contribution in [0.25, 0.3) is 0 Å². The number of aliphatic hydroxyl groups excluding tert-OH is 1. The Kier molecular flexibility index (Phi) is 7.12. The van der Waals surface area contributed by atoms with Crippen LogP contribution >= 0.6 is 0 Å². The minimum atomic E-state index is -0.517. The molecule has 2 N–H and O–H groups in total. The minimum absolute atomic E-state index is 0.270. The lowest BCUT2D eigenvalue weighted by molar-refractivity contribution is 0.104. The van der Waals surface area contributed by atoms with Crippen molar-refractivity contribution >= 4 is 0 Å². The normalized spacial score (nSPS) is 12.2. The molecule has 20 heavy (non-hydrogen) atoms. The van der Waals surface area contributed by atoms with Crippen LogP contribution in [0.5, 0.6) is 11.5 Å². The SMILES string of the molecule is C=C(C)COc1ccc(OCC(O)CNC(C)C)cc1. The summed E-state index contributed by atoms with van der Waals surface area (Å²) in [5, 5.41) is 12.9. The number of ether oxygens (including phenoxy) is 2. The van der Waals surface area contributed by atoms with Crippen LogP contribution in [0.4, 0.5) is 0 Å². The van der Waals surface area contributed by atoms with Crippen molar-refractivity contribution in [2.24, 2.45) is 0 Å². The van der Waals surface area contributed by atoms with Gasteiger partial charge in [-0.2, -0.15) is 0 Å². The molecular weight excluding hydrogens is 254 g/mol. The molecule has 0 heterocycles. The molecule has 0 radical (unpaired) electrons. The van der Waals surface area contributed by atoms with Gasteiger partial charge < -0.3 is 19.9 Å². The lowest BCUT2D eigenvalue weighted by Crippen LogP contribution is -2.35. The third-order valence-electron chi connectivity index (χ3n) is 2.51. The van der Waals surface area contributed by atoms with Crippen molar-refractivity contribution in [1.29, 1.82) is 0 Å². The molecule has 0 spiro atoms.